The van der Waals surface area contributed by atoms with Crippen LogP contribution in [0.3, 0.4) is 0 Å². The predicted octanol–water partition coefficient (Wildman–Crippen LogP) is 1.15. The topological polar surface area (TPSA) is 132 Å². The lowest BCUT2D eigenvalue weighted by atomic mass is 10.00. The van der Waals surface area contributed by atoms with Crippen molar-refractivity contribution in [2.24, 2.45) is 0 Å². The summed E-state index contributed by atoms with van der Waals surface area (Å²) >= 11 is 0. The average Bonchev–Trinajstić information content (AvgIpc) is 2.69. The van der Waals surface area contributed by atoms with E-state index in [2.05, 4.69) is 26.3 Å². The maximum Gasteiger partial charge on any atom is 0.404 e. The molecule has 0 aromatic carbocycles. The van der Waals surface area contributed by atoms with E-state index in [1.165, 1.54) is 13.3 Å². The summed E-state index contributed by atoms with van der Waals surface area (Å²) < 4.78 is 5.17. The van der Waals surface area contributed by atoms with Crippen molar-refractivity contribution in [1.29, 1.82) is 5.26 Å². The fourth-order valence-corrected chi connectivity index (χ4v) is 3.55. The third-order valence-electron chi connectivity index (χ3n) is 4.95. The highest BCUT2D eigenvalue weighted by Crippen LogP contribution is 2.23. The molecular formula is C19H23N5O4. The van der Waals surface area contributed by atoms with Crippen molar-refractivity contribution in [3.05, 3.63) is 29.5 Å². The Kier molecular flexibility index (Phi) is 6.23. The molecule has 28 heavy (non-hydrogen) atoms. The molecule has 9 nitrogen and oxygen atoms in total. The highest BCUT2D eigenvalue weighted by molar-refractivity contribution is 5.80. The summed E-state index contributed by atoms with van der Waals surface area (Å²) in [5.74, 6) is 0.424. The molecule has 1 saturated heterocycles. The van der Waals surface area contributed by atoms with Crippen LogP contribution in [-0.2, 0) is 6.42 Å². The van der Waals surface area contributed by atoms with Gasteiger partial charge in [0.05, 0.1) is 29.8 Å². The van der Waals surface area contributed by atoms with Crippen LogP contribution in [0.5, 0.6) is 5.88 Å². The van der Waals surface area contributed by atoms with E-state index in [0.29, 0.717) is 60.5 Å². The number of carboxylic acid groups (broad SMARTS) is 1. The van der Waals surface area contributed by atoms with Gasteiger partial charge < -0.3 is 25.2 Å². The molecule has 2 aromatic heterocycles. The minimum atomic E-state index is -1.00. The molecule has 9 heteroatoms. The number of aromatic nitrogens is 2. The number of fused-ring (bicyclic) bond motifs is 1. The van der Waals surface area contributed by atoms with E-state index in [-0.39, 0.29) is 12.5 Å². The number of ether oxygens (including phenoxy) is 1. The van der Waals surface area contributed by atoms with Gasteiger partial charge in [-0.3, -0.25) is 4.98 Å². The molecule has 1 fully saturated rings. The molecule has 0 saturated carbocycles. The number of piperidine rings is 1. The third-order valence-corrected chi connectivity index (χ3v) is 4.95. The zero-order valence-corrected chi connectivity index (χ0v) is 15.6. The number of β-amino-alcohol motifs (C(OH)–C–C–N with tert-alkyl or cyclic N) is 1. The Hall–Kier alpha value is -2.96. The van der Waals surface area contributed by atoms with Gasteiger partial charge in [0.25, 0.3) is 0 Å². The van der Waals surface area contributed by atoms with E-state index < -0.39 is 12.2 Å². The Balaban J connectivity index is 1.70. The number of aliphatic hydroxyl groups is 1. The first-order valence-electron chi connectivity index (χ1n) is 9.12. The number of nitrogens with zero attached hydrogens (tertiary/aromatic N) is 4. The minimum absolute atomic E-state index is 0.0445. The number of hydrogen-bond donors (Lipinski definition) is 3. The van der Waals surface area contributed by atoms with Crippen molar-refractivity contribution in [3.8, 4) is 11.9 Å². The van der Waals surface area contributed by atoms with Gasteiger partial charge in [-0.2, -0.15) is 5.26 Å². The summed E-state index contributed by atoms with van der Waals surface area (Å²) in [7, 11) is 1.52. The molecule has 3 rings (SSSR count). The first-order chi connectivity index (χ1) is 13.5. The molecule has 1 aliphatic heterocycles. The summed E-state index contributed by atoms with van der Waals surface area (Å²) in [6, 6.07) is 5.56. The van der Waals surface area contributed by atoms with E-state index >= 15 is 0 Å². The number of rotatable bonds is 6. The Bertz CT molecular complexity index is 890. The maximum absolute atomic E-state index is 10.7. The molecule has 1 aliphatic rings. The van der Waals surface area contributed by atoms with Crippen LogP contribution < -0.4 is 10.1 Å². The first-order valence-corrected chi connectivity index (χ1v) is 9.12. The molecule has 3 heterocycles. The summed E-state index contributed by atoms with van der Waals surface area (Å²) in [6.45, 7) is 1.85. The zero-order valence-electron chi connectivity index (χ0n) is 15.6. The lowest BCUT2D eigenvalue weighted by Crippen LogP contribution is -2.46. The van der Waals surface area contributed by atoms with Gasteiger partial charge in [0.15, 0.2) is 0 Å². The number of aliphatic hydroxyl groups excluding tert-OH is 1. The Labute approximate surface area is 162 Å². The molecule has 0 aliphatic carbocycles. The summed E-state index contributed by atoms with van der Waals surface area (Å²) in [5.41, 5.74) is 2.24. The van der Waals surface area contributed by atoms with E-state index in [9.17, 15) is 15.2 Å². The van der Waals surface area contributed by atoms with Gasteiger partial charge in [-0.25, -0.2) is 9.78 Å². The van der Waals surface area contributed by atoms with E-state index in [4.69, 9.17) is 9.84 Å². The molecule has 0 bridgehead atoms. The third kappa shape index (κ3) is 4.65. The van der Waals surface area contributed by atoms with Crippen molar-refractivity contribution < 1.29 is 19.7 Å². The number of pyridine rings is 2. The predicted molar refractivity (Wildman–Crippen MR) is 101 cm³/mol. The number of amides is 1. The number of methoxy groups -OCH3 is 1. The monoisotopic (exact) mass is 385 g/mol. The number of nitrogens with one attached hydrogen (secondary N) is 1. The van der Waals surface area contributed by atoms with Gasteiger partial charge in [0, 0.05) is 49.9 Å². The first kappa shape index (κ1) is 19.8. The van der Waals surface area contributed by atoms with Gasteiger partial charge in [0.2, 0.25) is 5.88 Å². The molecule has 1 unspecified atom stereocenters. The molecular weight excluding hydrogens is 362 g/mol. The van der Waals surface area contributed by atoms with Crippen LogP contribution in [0.4, 0.5) is 4.79 Å². The number of carbonyl (C=O) groups is 1. The molecule has 148 valence electrons. The normalized spacial score (nSPS) is 16.5. The Morgan fingerprint density at radius 3 is 2.86 bits per heavy atom. The van der Waals surface area contributed by atoms with Crippen molar-refractivity contribution in [1.82, 2.24) is 20.2 Å². The van der Waals surface area contributed by atoms with Gasteiger partial charge >= 0.3 is 6.09 Å². The van der Waals surface area contributed by atoms with Crippen LogP contribution in [-0.4, -0.2) is 70.1 Å². The maximum atomic E-state index is 10.7. The SMILES string of the molecule is COc1ccc2ncc(C#N)c(CC(O)CN3CCC(NC(=O)O)CC3)c2n1. The van der Waals surface area contributed by atoms with Crippen LogP contribution in [0.25, 0.3) is 11.0 Å². The van der Waals surface area contributed by atoms with Crippen LogP contribution in [0.1, 0.15) is 24.0 Å². The van der Waals surface area contributed by atoms with Crippen LogP contribution >= 0.6 is 0 Å². The van der Waals surface area contributed by atoms with Crippen molar-refractivity contribution >= 4 is 17.1 Å². The second kappa shape index (κ2) is 8.82. The standard InChI is InChI=1S/C19H23N5O4/c1-28-17-3-2-16-18(23-17)15(12(9-20)10-21-16)8-14(25)11-24-6-4-13(5-7-24)22-19(26)27/h2-3,10,13-14,22,25H,4-8,11H2,1H3,(H,26,27). The van der Waals surface area contributed by atoms with Gasteiger partial charge in [-0.05, 0) is 18.9 Å². The van der Waals surface area contributed by atoms with E-state index in [1.54, 1.807) is 12.1 Å². The van der Waals surface area contributed by atoms with Gasteiger partial charge in [-0.15, -0.1) is 0 Å². The van der Waals surface area contributed by atoms with E-state index in [0.717, 1.165) is 0 Å². The van der Waals surface area contributed by atoms with Crippen molar-refractivity contribution in [3.63, 3.8) is 0 Å². The highest BCUT2D eigenvalue weighted by Gasteiger charge is 2.23. The van der Waals surface area contributed by atoms with Crippen LogP contribution in [0, 0.1) is 11.3 Å². The summed E-state index contributed by atoms with van der Waals surface area (Å²) in [5, 5.41) is 31.4. The fourth-order valence-electron chi connectivity index (χ4n) is 3.55. The fraction of sp³-hybridized carbons (Fsp3) is 0.474. The average molecular weight is 385 g/mol. The van der Waals surface area contributed by atoms with Gasteiger partial charge in [0.1, 0.15) is 6.07 Å². The minimum Gasteiger partial charge on any atom is -0.481 e. The molecule has 3 N–H and O–H groups in total. The summed E-state index contributed by atoms with van der Waals surface area (Å²) in [4.78, 5) is 21.5. The van der Waals surface area contributed by atoms with Crippen molar-refractivity contribution in [2.45, 2.75) is 31.4 Å². The Morgan fingerprint density at radius 1 is 1.46 bits per heavy atom. The smallest absolute Gasteiger partial charge is 0.404 e. The highest BCUT2D eigenvalue weighted by atomic mass is 16.5. The van der Waals surface area contributed by atoms with E-state index in [1.807, 2.05) is 0 Å². The summed E-state index contributed by atoms with van der Waals surface area (Å²) in [6.07, 6.45) is 1.50. The second-order valence-electron chi connectivity index (χ2n) is 6.87. The number of hydrogen-bond acceptors (Lipinski definition) is 7. The molecule has 2 aromatic rings. The molecule has 1 amide bonds. The van der Waals surface area contributed by atoms with Crippen LogP contribution in [0.2, 0.25) is 0 Å². The number of nitriles is 1. The van der Waals surface area contributed by atoms with Crippen molar-refractivity contribution in [2.75, 3.05) is 26.7 Å². The number of likely N-dealkylation sites (tertiary alicyclic amines) is 1. The molecule has 0 radical (unpaired) electrons. The zero-order chi connectivity index (χ0) is 20.1. The lowest BCUT2D eigenvalue weighted by molar-refractivity contribution is 0.0934. The quantitative estimate of drug-likeness (QED) is 0.675. The second-order valence-corrected chi connectivity index (χ2v) is 6.87. The van der Waals surface area contributed by atoms with Gasteiger partial charge in [-0.1, -0.05) is 0 Å². The Morgan fingerprint density at radius 2 is 2.21 bits per heavy atom. The molecule has 1 atom stereocenters. The molecule has 0 spiro atoms. The largest absolute Gasteiger partial charge is 0.481 e. The van der Waals surface area contributed by atoms with Crippen LogP contribution in [0.15, 0.2) is 18.3 Å². The lowest BCUT2D eigenvalue weighted by Gasteiger charge is -2.33.